The molecule has 3 aliphatic heterocycles. The van der Waals surface area contributed by atoms with E-state index in [-0.39, 0.29) is 24.4 Å². The molecule has 3 heterocycles. The van der Waals surface area contributed by atoms with Crippen LogP contribution in [0.4, 0.5) is 5.69 Å². The second-order valence-corrected chi connectivity index (χ2v) is 7.80. The average molecular weight is 408 g/mol. The SMILES string of the molecule is CC1Oc2ccccc2N(CC(=O)N2CCCC2c2ccc3c(c2)OCCO3)C1=O. The first-order chi connectivity index (χ1) is 14.6. The van der Waals surface area contributed by atoms with Gasteiger partial charge < -0.3 is 19.1 Å². The third-order valence-corrected chi connectivity index (χ3v) is 5.89. The van der Waals surface area contributed by atoms with Crippen LogP contribution in [0, 0.1) is 0 Å². The number of benzene rings is 2. The molecule has 5 rings (SSSR count). The van der Waals surface area contributed by atoms with Crippen LogP contribution in [-0.2, 0) is 9.59 Å². The van der Waals surface area contributed by atoms with Crippen LogP contribution in [-0.4, -0.2) is 49.1 Å². The van der Waals surface area contributed by atoms with Crippen molar-refractivity contribution in [2.75, 3.05) is 31.2 Å². The number of likely N-dealkylation sites (tertiary alicyclic amines) is 1. The van der Waals surface area contributed by atoms with Crippen LogP contribution in [0.3, 0.4) is 0 Å². The van der Waals surface area contributed by atoms with Gasteiger partial charge in [0.2, 0.25) is 5.91 Å². The molecular formula is C23H24N2O5. The smallest absolute Gasteiger partial charge is 0.268 e. The molecule has 0 saturated carbocycles. The number of anilines is 1. The monoisotopic (exact) mass is 408 g/mol. The Morgan fingerprint density at radius 2 is 1.87 bits per heavy atom. The van der Waals surface area contributed by atoms with Crippen molar-refractivity contribution in [1.29, 1.82) is 0 Å². The van der Waals surface area contributed by atoms with E-state index < -0.39 is 6.10 Å². The van der Waals surface area contributed by atoms with Gasteiger partial charge >= 0.3 is 0 Å². The van der Waals surface area contributed by atoms with Crippen LogP contribution in [0.2, 0.25) is 0 Å². The first-order valence-corrected chi connectivity index (χ1v) is 10.4. The van der Waals surface area contributed by atoms with Crippen molar-refractivity contribution in [2.45, 2.75) is 31.9 Å². The predicted molar refractivity (Wildman–Crippen MR) is 110 cm³/mol. The quantitative estimate of drug-likeness (QED) is 0.781. The summed E-state index contributed by atoms with van der Waals surface area (Å²) in [6, 6.07) is 13.2. The summed E-state index contributed by atoms with van der Waals surface area (Å²) >= 11 is 0. The van der Waals surface area contributed by atoms with Gasteiger partial charge in [-0.2, -0.15) is 0 Å². The van der Waals surface area contributed by atoms with Crippen molar-refractivity contribution in [1.82, 2.24) is 4.90 Å². The zero-order chi connectivity index (χ0) is 20.7. The summed E-state index contributed by atoms with van der Waals surface area (Å²) < 4.78 is 17.0. The van der Waals surface area contributed by atoms with E-state index in [1.165, 1.54) is 0 Å². The summed E-state index contributed by atoms with van der Waals surface area (Å²) in [5.74, 6) is 1.83. The number of carbonyl (C=O) groups is 2. The van der Waals surface area contributed by atoms with E-state index in [0.717, 1.165) is 29.9 Å². The van der Waals surface area contributed by atoms with Crippen LogP contribution in [0.15, 0.2) is 42.5 Å². The van der Waals surface area contributed by atoms with Gasteiger partial charge in [-0.05, 0) is 49.6 Å². The van der Waals surface area contributed by atoms with E-state index in [9.17, 15) is 9.59 Å². The van der Waals surface area contributed by atoms with Crippen molar-refractivity contribution in [3.05, 3.63) is 48.0 Å². The normalized spacial score (nSPS) is 22.5. The fraction of sp³-hybridized carbons (Fsp3) is 0.391. The summed E-state index contributed by atoms with van der Waals surface area (Å²) in [4.78, 5) is 29.5. The molecule has 156 valence electrons. The van der Waals surface area contributed by atoms with E-state index in [1.807, 2.05) is 47.4 Å². The number of fused-ring (bicyclic) bond motifs is 2. The summed E-state index contributed by atoms with van der Waals surface area (Å²) in [5, 5.41) is 0. The third kappa shape index (κ3) is 3.24. The van der Waals surface area contributed by atoms with E-state index >= 15 is 0 Å². The number of ether oxygens (including phenoxy) is 3. The van der Waals surface area contributed by atoms with E-state index in [2.05, 4.69) is 0 Å². The summed E-state index contributed by atoms with van der Waals surface area (Å²) in [6.45, 7) is 3.47. The second-order valence-electron chi connectivity index (χ2n) is 7.80. The Labute approximate surface area is 175 Å². The highest BCUT2D eigenvalue weighted by Crippen LogP contribution is 2.39. The van der Waals surface area contributed by atoms with E-state index in [4.69, 9.17) is 14.2 Å². The molecule has 1 saturated heterocycles. The Morgan fingerprint density at radius 1 is 1.07 bits per heavy atom. The van der Waals surface area contributed by atoms with E-state index in [1.54, 1.807) is 11.8 Å². The molecule has 0 aromatic heterocycles. The molecular weight excluding hydrogens is 384 g/mol. The summed E-state index contributed by atoms with van der Waals surface area (Å²) in [5.41, 5.74) is 1.68. The van der Waals surface area contributed by atoms with Gasteiger partial charge in [0.1, 0.15) is 25.5 Å². The first kappa shape index (κ1) is 18.8. The molecule has 0 aliphatic carbocycles. The molecule has 7 heteroatoms. The van der Waals surface area contributed by atoms with Crippen molar-refractivity contribution in [3.8, 4) is 17.2 Å². The van der Waals surface area contributed by atoms with Gasteiger partial charge in [0.05, 0.1) is 11.7 Å². The van der Waals surface area contributed by atoms with Crippen molar-refractivity contribution in [2.24, 2.45) is 0 Å². The lowest BCUT2D eigenvalue weighted by atomic mass is 10.0. The first-order valence-electron chi connectivity index (χ1n) is 10.4. The maximum atomic E-state index is 13.3. The minimum absolute atomic E-state index is 0.00456. The van der Waals surface area contributed by atoms with Gasteiger partial charge in [-0.3, -0.25) is 14.5 Å². The van der Waals surface area contributed by atoms with Crippen LogP contribution < -0.4 is 19.1 Å². The number of hydrogen-bond acceptors (Lipinski definition) is 5. The van der Waals surface area contributed by atoms with Crippen LogP contribution >= 0.6 is 0 Å². The van der Waals surface area contributed by atoms with Gasteiger partial charge in [-0.25, -0.2) is 0 Å². The fourth-order valence-corrected chi connectivity index (χ4v) is 4.43. The predicted octanol–water partition coefficient (Wildman–Crippen LogP) is 2.94. The Morgan fingerprint density at radius 3 is 2.73 bits per heavy atom. The lowest BCUT2D eigenvalue weighted by Crippen LogP contribution is -2.49. The van der Waals surface area contributed by atoms with Crippen LogP contribution in [0.25, 0.3) is 0 Å². The second kappa shape index (κ2) is 7.55. The Balaban J connectivity index is 1.38. The zero-order valence-electron chi connectivity index (χ0n) is 16.9. The van der Waals surface area contributed by atoms with Crippen LogP contribution in [0.5, 0.6) is 17.2 Å². The molecule has 3 aliphatic rings. The molecule has 2 aromatic carbocycles. The van der Waals surface area contributed by atoms with Crippen molar-refractivity contribution in [3.63, 3.8) is 0 Å². The summed E-state index contributed by atoms with van der Waals surface area (Å²) in [6.07, 6.45) is 1.20. The van der Waals surface area contributed by atoms with E-state index in [0.29, 0.717) is 31.2 Å². The third-order valence-electron chi connectivity index (χ3n) is 5.89. The molecule has 2 aromatic rings. The molecule has 2 unspecified atom stereocenters. The number of para-hydroxylation sites is 2. The van der Waals surface area contributed by atoms with Crippen LogP contribution in [0.1, 0.15) is 31.4 Å². The minimum atomic E-state index is -0.611. The number of carbonyl (C=O) groups excluding carboxylic acids is 2. The fourth-order valence-electron chi connectivity index (χ4n) is 4.43. The number of nitrogens with zero attached hydrogens (tertiary/aromatic N) is 2. The molecule has 0 N–H and O–H groups in total. The largest absolute Gasteiger partial charge is 0.486 e. The Bertz CT molecular complexity index is 991. The Kier molecular flexibility index (Phi) is 4.73. The highest BCUT2D eigenvalue weighted by Gasteiger charge is 2.36. The zero-order valence-corrected chi connectivity index (χ0v) is 16.9. The van der Waals surface area contributed by atoms with Crippen molar-refractivity contribution < 1.29 is 23.8 Å². The lowest BCUT2D eigenvalue weighted by Gasteiger charge is -2.34. The molecule has 7 nitrogen and oxygen atoms in total. The number of hydrogen-bond donors (Lipinski definition) is 0. The minimum Gasteiger partial charge on any atom is -0.486 e. The molecule has 2 atom stereocenters. The highest BCUT2D eigenvalue weighted by atomic mass is 16.6. The summed E-state index contributed by atoms with van der Waals surface area (Å²) in [7, 11) is 0. The maximum absolute atomic E-state index is 13.3. The Hall–Kier alpha value is -3.22. The van der Waals surface area contributed by atoms with Gasteiger partial charge in [0.25, 0.3) is 5.91 Å². The molecule has 30 heavy (non-hydrogen) atoms. The lowest BCUT2D eigenvalue weighted by molar-refractivity contribution is -0.133. The molecule has 2 amide bonds. The standard InChI is InChI=1S/C23H24N2O5/c1-15-23(27)25(18-5-2-3-7-19(18)30-15)14-22(26)24-10-4-6-17(24)16-8-9-20-21(13-16)29-12-11-28-20/h2-3,5,7-9,13,15,17H,4,6,10-12,14H2,1H3. The topological polar surface area (TPSA) is 68.3 Å². The average Bonchev–Trinajstić information content (AvgIpc) is 3.26. The van der Waals surface area contributed by atoms with Gasteiger partial charge in [-0.1, -0.05) is 18.2 Å². The highest BCUT2D eigenvalue weighted by molar-refractivity contribution is 6.03. The van der Waals surface area contributed by atoms with Gasteiger partial charge in [0.15, 0.2) is 17.6 Å². The number of rotatable bonds is 3. The molecule has 0 radical (unpaired) electrons. The molecule has 0 bridgehead atoms. The van der Waals surface area contributed by atoms with Crippen molar-refractivity contribution >= 4 is 17.5 Å². The van der Waals surface area contributed by atoms with Gasteiger partial charge in [-0.15, -0.1) is 0 Å². The maximum Gasteiger partial charge on any atom is 0.268 e. The number of amides is 2. The molecule has 0 spiro atoms. The van der Waals surface area contributed by atoms with Gasteiger partial charge in [0, 0.05) is 6.54 Å². The molecule has 1 fully saturated rings.